The van der Waals surface area contributed by atoms with Crippen molar-refractivity contribution in [2.24, 2.45) is 0 Å². The van der Waals surface area contributed by atoms with Gasteiger partial charge in [-0.25, -0.2) is 4.68 Å². The number of para-hydroxylation sites is 1. The SMILES string of the molecule is CC(c1ccccc1)c1ccccc1.CC1CCCc2ccccc21.CCc1ccccc1.Cc1cc(C)n(-c2ccccc2)n1. The quantitative estimate of drug-likeness (QED) is 0.195. The van der Waals surface area contributed by atoms with Crippen LogP contribution in [0, 0.1) is 13.8 Å². The van der Waals surface area contributed by atoms with Crippen molar-refractivity contribution >= 4 is 0 Å². The van der Waals surface area contributed by atoms with Crippen LogP contribution in [0.15, 0.2) is 152 Å². The lowest BCUT2D eigenvalue weighted by molar-refractivity contribution is 0.590. The van der Waals surface area contributed by atoms with Crippen LogP contribution in [0.1, 0.15) is 84.7 Å². The molecule has 0 aliphatic heterocycles. The summed E-state index contributed by atoms with van der Waals surface area (Å²) in [5.74, 6) is 1.28. The van der Waals surface area contributed by atoms with E-state index in [1.807, 2.05) is 35.9 Å². The number of hydrogen-bond acceptors (Lipinski definition) is 1. The molecule has 0 bridgehead atoms. The van der Waals surface area contributed by atoms with Gasteiger partial charge in [0.2, 0.25) is 0 Å². The molecule has 236 valence electrons. The zero-order valence-electron chi connectivity index (χ0n) is 28.3. The zero-order chi connectivity index (χ0) is 32.6. The van der Waals surface area contributed by atoms with Gasteiger partial charge < -0.3 is 0 Å². The molecule has 1 unspecified atom stereocenters. The van der Waals surface area contributed by atoms with E-state index in [4.69, 9.17) is 0 Å². The predicted molar refractivity (Wildman–Crippen MR) is 197 cm³/mol. The Morgan fingerprint density at radius 2 is 1.17 bits per heavy atom. The van der Waals surface area contributed by atoms with Crippen molar-refractivity contribution in [2.75, 3.05) is 0 Å². The van der Waals surface area contributed by atoms with E-state index in [0.717, 1.165) is 23.7 Å². The summed E-state index contributed by atoms with van der Waals surface area (Å²) in [6, 6.07) is 52.7. The number of hydrogen-bond donors (Lipinski definition) is 0. The molecule has 2 nitrogen and oxygen atoms in total. The van der Waals surface area contributed by atoms with Crippen molar-refractivity contribution in [3.05, 3.63) is 191 Å². The minimum absolute atomic E-state index is 0.484. The van der Waals surface area contributed by atoms with Crippen molar-refractivity contribution in [1.82, 2.24) is 9.78 Å². The topological polar surface area (TPSA) is 17.8 Å². The van der Waals surface area contributed by atoms with Gasteiger partial charge in [-0.1, -0.05) is 154 Å². The van der Waals surface area contributed by atoms with Crippen LogP contribution in [0.4, 0.5) is 0 Å². The second kappa shape index (κ2) is 18.3. The first kappa shape index (κ1) is 34.2. The lowest BCUT2D eigenvalue weighted by Crippen LogP contribution is -2.05. The molecule has 1 heterocycles. The van der Waals surface area contributed by atoms with Crippen molar-refractivity contribution in [1.29, 1.82) is 0 Å². The van der Waals surface area contributed by atoms with E-state index in [1.165, 1.54) is 41.6 Å². The van der Waals surface area contributed by atoms with Gasteiger partial charge in [0.15, 0.2) is 0 Å². The summed E-state index contributed by atoms with van der Waals surface area (Å²) in [5.41, 5.74) is 10.7. The second-order valence-corrected chi connectivity index (χ2v) is 12.0. The normalized spacial score (nSPS) is 13.1. The van der Waals surface area contributed by atoms with Crippen molar-refractivity contribution in [3.8, 4) is 5.69 Å². The van der Waals surface area contributed by atoms with E-state index >= 15 is 0 Å². The molecule has 0 amide bonds. The van der Waals surface area contributed by atoms with Crippen LogP contribution in [0.5, 0.6) is 0 Å². The van der Waals surface area contributed by atoms with Crippen LogP contribution < -0.4 is 0 Å². The summed E-state index contributed by atoms with van der Waals surface area (Å²) in [6.07, 6.45) is 5.18. The molecule has 7 rings (SSSR count). The smallest absolute Gasteiger partial charge is 0.0648 e. The highest BCUT2D eigenvalue weighted by Gasteiger charge is 2.14. The predicted octanol–water partition coefficient (Wildman–Crippen LogP) is 11.7. The number of fused-ring (bicyclic) bond motifs is 1. The van der Waals surface area contributed by atoms with Gasteiger partial charge in [-0.15, -0.1) is 0 Å². The Labute approximate surface area is 277 Å². The second-order valence-electron chi connectivity index (χ2n) is 12.0. The van der Waals surface area contributed by atoms with E-state index in [0.29, 0.717) is 5.92 Å². The van der Waals surface area contributed by atoms with Gasteiger partial charge in [-0.2, -0.15) is 5.10 Å². The molecule has 6 aromatic rings. The molecule has 0 radical (unpaired) electrons. The minimum atomic E-state index is 0.484. The number of aromatic nitrogens is 2. The molecule has 0 fully saturated rings. The van der Waals surface area contributed by atoms with Crippen molar-refractivity contribution < 1.29 is 0 Å². The maximum Gasteiger partial charge on any atom is 0.0648 e. The van der Waals surface area contributed by atoms with Crippen LogP contribution in [0.2, 0.25) is 0 Å². The Morgan fingerprint density at radius 3 is 1.65 bits per heavy atom. The molecule has 0 N–H and O–H groups in total. The maximum absolute atomic E-state index is 4.40. The van der Waals surface area contributed by atoms with Gasteiger partial charge in [0.25, 0.3) is 0 Å². The van der Waals surface area contributed by atoms with Gasteiger partial charge in [0, 0.05) is 11.6 Å². The van der Waals surface area contributed by atoms with E-state index in [-0.39, 0.29) is 0 Å². The van der Waals surface area contributed by atoms with Gasteiger partial charge in [0.05, 0.1) is 11.4 Å². The van der Waals surface area contributed by atoms with Crippen molar-refractivity contribution in [2.45, 2.75) is 72.1 Å². The van der Waals surface area contributed by atoms with Crippen LogP contribution in [0.25, 0.3) is 5.69 Å². The third kappa shape index (κ3) is 10.4. The Bertz CT molecular complexity index is 1630. The van der Waals surface area contributed by atoms with Gasteiger partial charge in [-0.3, -0.25) is 0 Å². The summed E-state index contributed by atoms with van der Waals surface area (Å²) in [7, 11) is 0. The fraction of sp³-hybridized carbons (Fsp3) is 0.250. The van der Waals surface area contributed by atoms with Crippen molar-refractivity contribution in [3.63, 3.8) is 0 Å². The molecule has 1 aliphatic carbocycles. The van der Waals surface area contributed by atoms with Crippen LogP contribution in [-0.2, 0) is 12.8 Å². The third-order valence-electron chi connectivity index (χ3n) is 8.53. The first-order valence-corrected chi connectivity index (χ1v) is 16.8. The van der Waals surface area contributed by atoms with Crippen LogP contribution in [-0.4, -0.2) is 9.78 Å². The largest absolute Gasteiger partial charge is 0.238 e. The van der Waals surface area contributed by atoms with E-state index in [1.54, 1.807) is 11.1 Å². The lowest BCUT2D eigenvalue weighted by Gasteiger charge is -2.21. The molecular formula is C44H50N2. The Kier molecular flexibility index (Phi) is 13.6. The molecular weight excluding hydrogens is 556 g/mol. The molecule has 1 aromatic heterocycles. The number of benzene rings is 5. The molecule has 1 atom stereocenters. The molecule has 46 heavy (non-hydrogen) atoms. The highest BCUT2D eigenvalue weighted by molar-refractivity contribution is 5.34. The number of nitrogens with zero attached hydrogens (tertiary/aromatic N) is 2. The monoisotopic (exact) mass is 606 g/mol. The average molecular weight is 607 g/mol. The maximum atomic E-state index is 4.40. The molecule has 2 heteroatoms. The van der Waals surface area contributed by atoms with E-state index in [2.05, 4.69) is 160 Å². The standard InChI is InChI=1S/C14H14.C11H12N2.C11H14.C8H10/c1-12(13-8-4-2-5-9-13)14-10-6-3-7-11-14;1-9-8-10(2)13(12-9)11-6-4-3-5-7-11;1-9-5-4-7-10-6-2-3-8-11(9)10;1-2-8-6-4-3-5-7-8/h2-12H,1H3;3-8H,1-2H3;2-3,6,8-9H,4-5,7H2,1H3;3-7H,2H2,1H3. The van der Waals surface area contributed by atoms with Gasteiger partial charge in [-0.05, 0) is 91.5 Å². The molecule has 0 spiro atoms. The summed E-state index contributed by atoms with van der Waals surface area (Å²) in [5, 5.41) is 4.40. The highest BCUT2D eigenvalue weighted by Crippen LogP contribution is 2.30. The Hall–Kier alpha value is -4.69. The minimum Gasteiger partial charge on any atom is -0.238 e. The summed E-state index contributed by atoms with van der Waals surface area (Å²) >= 11 is 0. The highest BCUT2D eigenvalue weighted by atomic mass is 15.3. The Morgan fingerprint density at radius 1 is 0.674 bits per heavy atom. The van der Waals surface area contributed by atoms with Crippen LogP contribution in [0.3, 0.4) is 0 Å². The number of rotatable bonds is 4. The first-order valence-electron chi connectivity index (χ1n) is 16.8. The number of aryl methyl sites for hydroxylation is 4. The van der Waals surface area contributed by atoms with E-state index < -0.39 is 0 Å². The first-order chi connectivity index (χ1) is 22.5. The Balaban J connectivity index is 0.000000142. The third-order valence-corrected chi connectivity index (χ3v) is 8.53. The lowest BCUT2D eigenvalue weighted by atomic mass is 9.84. The molecule has 0 saturated heterocycles. The average Bonchev–Trinajstić information content (AvgIpc) is 3.48. The van der Waals surface area contributed by atoms with Gasteiger partial charge in [0.1, 0.15) is 0 Å². The summed E-state index contributed by atoms with van der Waals surface area (Å²) in [4.78, 5) is 0. The molecule has 0 saturated carbocycles. The van der Waals surface area contributed by atoms with Gasteiger partial charge >= 0.3 is 0 Å². The van der Waals surface area contributed by atoms with Crippen LogP contribution >= 0.6 is 0 Å². The fourth-order valence-electron chi connectivity index (χ4n) is 5.85. The molecule has 5 aromatic carbocycles. The fourth-order valence-corrected chi connectivity index (χ4v) is 5.85. The summed E-state index contributed by atoms with van der Waals surface area (Å²) in [6.45, 7) is 10.8. The summed E-state index contributed by atoms with van der Waals surface area (Å²) < 4.78 is 1.95. The van der Waals surface area contributed by atoms with E-state index in [9.17, 15) is 0 Å². The molecule has 1 aliphatic rings. The zero-order valence-corrected chi connectivity index (χ0v) is 28.3.